The predicted molar refractivity (Wildman–Crippen MR) is 26.9 cm³/mol. The summed E-state index contributed by atoms with van der Waals surface area (Å²) in [5.41, 5.74) is 0.486. The van der Waals surface area contributed by atoms with Crippen LogP contribution in [0.15, 0.2) is 0 Å². The molecule has 0 amide bonds. The lowest BCUT2D eigenvalue weighted by atomic mass is 9.86. The second kappa shape index (κ2) is 0.873. The Kier molecular flexibility index (Phi) is 0.487. The van der Waals surface area contributed by atoms with Gasteiger partial charge in [-0.05, 0) is 30.6 Å². The summed E-state index contributed by atoms with van der Waals surface area (Å²) < 4.78 is 0. The van der Waals surface area contributed by atoms with Crippen molar-refractivity contribution in [2.45, 2.75) is 19.3 Å². The zero-order valence-electron chi connectivity index (χ0n) is 4.35. The number of hydrogen-bond donors (Lipinski definition) is 1. The average Bonchev–Trinajstić information content (AvgIpc) is 2.12. The molecule has 0 radical (unpaired) electrons. The average molecular weight is 98.1 g/mol. The third-order valence-electron chi connectivity index (χ3n) is 2.66. The molecule has 0 saturated heterocycles. The van der Waals surface area contributed by atoms with Gasteiger partial charge < -0.3 is 5.11 Å². The highest BCUT2D eigenvalue weighted by molar-refractivity contribution is 5.09. The Bertz CT molecular complexity index is 90.8. The van der Waals surface area contributed by atoms with Crippen LogP contribution < -0.4 is 0 Å². The van der Waals surface area contributed by atoms with Crippen LogP contribution in [0.25, 0.3) is 0 Å². The van der Waals surface area contributed by atoms with Crippen molar-refractivity contribution in [1.29, 1.82) is 0 Å². The van der Waals surface area contributed by atoms with E-state index in [1.165, 1.54) is 19.3 Å². The van der Waals surface area contributed by atoms with E-state index in [2.05, 4.69) is 0 Å². The maximum Gasteiger partial charge on any atom is 0.0490 e. The highest BCUT2D eigenvalue weighted by Gasteiger charge is 2.60. The molecular formula is C6H10O. The van der Waals surface area contributed by atoms with Gasteiger partial charge in [0.05, 0.1) is 0 Å². The van der Waals surface area contributed by atoms with Gasteiger partial charge in [0.2, 0.25) is 0 Å². The largest absolute Gasteiger partial charge is 0.396 e. The summed E-state index contributed by atoms with van der Waals surface area (Å²) in [6.07, 6.45) is 4.01. The van der Waals surface area contributed by atoms with E-state index in [1.54, 1.807) is 0 Å². The lowest BCUT2D eigenvalue weighted by Crippen LogP contribution is -2.17. The van der Waals surface area contributed by atoms with Crippen LogP contribution in [-0.4, -0.2) is 11.7 Å². The van der Waals surface area contributed by atoms with Gasteiger partial charge in [0.15, 0.2) is 0 Å². The molecule has 2 aliphatic rings. The van der Waals surface area contributed by atoms with Crippen LogP contribution >= 0.6 is 0 Å². The van der Waals surface area contributed by atoms with Gasteiger partial charge in [-0.15, -0.1) is 0 Å². The van der Waals surface area contributed by atoms with Crippen LogP contribution in [0.1, 0.15) is 19.3 Å². The summed E-state index contributed by atoms with van der Waals surface area (Å²) in [5, 5.41) is 8.69. The Morgan fingerprint density at radius 2 is 2.57 bits per heavy atom. The third kappa shape index (κ3) is 0.290. The Hall–Kier alpha value is -0.0400. The minimum Gasteiger partial charge on any atom is -0.396 e. The molecule has 1 heteroatoms. The fraction of sp³-hybridized carbons (Fsp3) is 1.00. The molecule has 0 heterocycles. The van der Waals surface area contributed by atoms with Crippen molar-refractivity contribution in [2.24, 2.45) is 11.3 Å². The molecule has 0 aliphatic heterocycles. The van der Waals surface area contributed by atoms with Gasteiger partial charge in [-0.3, -0.25) is 0 Å². The van der Waals surface area contributed by atoms with E-state index >= 15 is 0 Å². The summed E-state index contributed by atoms with van der Waals surface area (Å²) in [6.45, 7) is 0.456. The summed E-state index contributed by atoms with van der Waals surface area (Å²) in [6, 6.07) is 0. The van der Waals surface area contributed by atoms with E-state index in [0.717, 1.165) is 5.92 Å². The first-order chi connectivity index (χ1) is 3.37. The molecule has 1 nitrogen and oxygen atoms in total. The van der Waals surface area contributed by atoms with Gasteiger partial charge in [0.25, 0.3) is 0 Å². The zero-order chi connectivity index (χ0) is 4.91. The van der Waals surface area contributed by atoms with Crippen LogP contribution in [0.3, 0.4) is 0 Å². The Labute approximate surface area is 43.3 Å². The molecular weight excluding hydrogens is 88.1 g/mol. The van der Waals surface area contributed by atoms with Crippen LogP contribution in [-0.2, 0) is 0 Å². The van der Waals surface area contributed by atoms with Gasteiger partial charge in [0.1, 0.15) is 0 Å². The monoisotopic (exact) mass is 98.1 g/mol. The molecule has 1 N–H and O–H groups in total. The molecule has 2 atom stereocenters. The van der Waals surface area contributed by atoms with E-state index in [4.69, 9.17) is 5.11 Å². The molecule has 0 aromatic heterocycles. The van der Waals surface area contributed by atoms with Crippen LogP contribution in [0, 0.1) is 11.3 Å². The normalized spacial score (nSPS) is 55.3. The predicted octanol–water partition coefficient (Wildman–Crippen LogP) is 0.779. The molecule has 0 bridgehead atoms. The number of aliphatic hydroxyl groups is 1. The van der Waals surface area contributed by atoms with Crippen molar-refractivity contribution in [1.82, 2.24) is 0 Å². The molecule has 7 heavy (non-hydrogen) atoms. The molecule has 0 aromatic carbocycles. The van der Waals surface area contributed by atoms with Crippen LogP contribution in [0.5, 0.6) is 0 Å². The summed E-state index contributed by atoms with van der Waals surface area (Å²) >= 11 is 0. The van der Waals surface area contributed by atoms with E-state index < -0.39 is 0 Å². The smallest absolute Gasteiger partial charge is 0.0490 e. The van der Waals surface area contributed by atoms with Gasteiger partial charge in [-0.1, -0.05) is 0 Å². The van der Waals surface area contributed by atoms with Gasteiger partial charge >= 0.3 is 0 Å². The second-order valence-corrected chi connectivity index (χ2v) is 2.96. The van der Waals surface area contributed by atoms with E-state index in [0.29, 0.717) is 12.0 Å². The molecule has 40 valence electrons. The third-order valence-corrected chi connectivity index (χ3v) is 2.66. The zero-order valence-corrected chi connectivity index (χ0v) is 4.35. The summed E-state index contributed by atoms with van der Waals surface area (Å²) in [5.74, 6) is 0.942. The minimum atomic E-state index is 0.456. The van der Waals surface area contributed by atoms with E-state index in [9.17, 15) is 0 Å². The van der Waals surface area contributed by atoms with Crippen molar-refractivity contribution < 1.29 is 5.11 Å². The standard InChI is InChI=1S/C6H10O/c7-4-6-2-1-5(6)3-6/h5,7H,1-4H2/t5-,6+/m1/s1. The highest BCUT2D eigenvalue weighted by Crippen LogP contribution is 2.66. The highest BCUT2D eigenvalue weighted by atomic mass is 16.3. The molecule has 2 saturated carbocycles. The van der Waals surface area contributed by atoms with Crippen LogP contribution in [0.2, 0.25) is 0 Å². The van der Waals surface area contributed by atoms with Crippen molar-refractivity contribution in [3.8, 4) is 0 Å². The summed E-state index contributed by atoms with van der Waals surface area (Å²) in [7, 11) is 0. The van der Waals surface area contributed by atoms with E-state index in [-0.39, 0.29) is 0 Å². The van der Waals surface area contributed by atoms with Gasteiger partial charge in [-0.25, -0.2) is 0 Å². The first-order valence-corrected chi connectivity index (χ1v) is 2.98. The Morgan fingerprint density at radius 3 is 2.57 bits per heavy atom. The molecule has 0 spiro atoms. The molecule has 2 fully saturated rings. The van der Waals surface area contributed by atoms with Crippen molar-refractivity contribution in [3.63, 3.8) is 0 Å². The maximum atomic E-state index is 8.69. The summed E-state index contributed by atoms with van der Waals surface area (Å²) in [4.78, 5) is 0. The quantitative estimate of drug-likeness (QED) is 0.513. The number of fused-ring (bicyclic) bond motifs is 1. The van der Waals surface area contributed by atoms with Crippen LogP contribution in [0.4, 0.5) is 0 Å². The molecule has 2 rings (SSSR count). The Morgan fingerprint density at radius 1 is 1.71 bits per heavy atom. The first-order valence-electron chi connectivity index (χ1n) is 2.98. The fourth-order valence-corrected chi connectivity index (χ4v) is 1.67. The molecule has 0 unspecified atom stereocenters. The lowest BCUT2D eigenvalue weighted by molar-refractivity contribution is 0.145. The number of rotatable bonds is 1. The van der Waals surface area contributed by atoms with Crippen molar-refractivity contribution >= 4 is 0 Å². The lowest BCUT2D eigenvalue weighted by Gasteiger charge is -2.21. The Balaban J connectivity index is 2.06. The first kappa shape index (κ1) is 3.90. The van der Waals surface area contributed by atoms with E-state index in [1.807, 2.05) is 0 Å². The van der Waals surface area contributed by atoms with Crippen molar-refractivity contribution in [2.75, 3.05) is 6.61 Å². The topological polar surface area (TPSA) is 20.2 Å². The molecule has 2 aliphatic carbocycles. The maximum absolute atomic E-state index is 8.69. The van der Waals surface area contributed by atoms with Gasteiger partial charge in [-0.2, -0.15) is 0 Å². The molecule has 0 aromatic rings. The second-order valence-electron chi connectivity index (χ2n) is 2.96. The number of aliphatic hydroxyl groups excluding tert-OH is 1. The minimum absolute atomic E-state index is 0.456. The van der Waals surface area contributed by atoms with Crippen molar-refractivity contribution in [3.05, 3.63) is 0 Å². The number of hydrogen-bond acceptors (Lipinski definition) is 1. The van der Waals surface area contributed by atoms with Gasteiger partial charge in [0, 0.05) is 6.61 Å². The SMILES string of the molecule is OC[C@@]12CC[C@@H]1C2. The fourth-order valence-electron chi connectivity index (χ4n) is 1.67.